The summed E-state index contributed by atoms with van der Waals surface area (Å²) < 4.78 is 0. The lowest BCUT2D eigenvalue weighted by atomic mass is 9.91. The first kappa shape index (κ1) is 24.1. The summed E-state index contributed by atoms with van der Waals surface area (Å²) in [6, 6.07) is 28.9. The van der Waals surface area contributed by atoms with Gasteiger partial charge in [-0.3, -0.25) is 9.69 Å². The summed E-state index contributed by atoms with van der Waals surface area (Å²) in [5.74, 6) is 0.490. The van der Waals surface area contributed by atoms with E-state index < -0.39 is 5.41 Å². The Bertz CT molecular complexity index is 1100. The predicted octanol–water partition coefficient (Wildman–Crippen LogP) is 4.77. The maximum atomic E-state index is 13.5. The molecule has 2 aliphatic rings. The van der Waals surface area contributed by atoms with E-state index in [0.717, 1.165) is 57.7 Å². The Balaban J connectivity index is 1.19. The lowest BCUT2D eigenvalue weighted by molar-refractivity contribution is -0.124. The van der Waals surface area contributed by atoms with Crippen molar-refractivity contribution in [3.63, 3.8) is 0 Å². The fourth-order valence-corrected chi connectivity index (χ4v) is 5.59. The molecule has 182 valence electrons. The zero-order valence-electron chi connectivity index (χ0n) is 20.2. The third-order valence-corrected chi connectivity index (χ3v) is 7.86. The summed E-state index contributed by atoms with van der Waals surface area (Å²) in [4.78, 5) is 18.6. The molecule has 5 rings (SSSR count). The number of hydrogen-bond acceptors (Lipinski definition) is 3. The molecule has 1 saturated carbocycles. The molecule has 0 radical (unpaired) electrons. The lowest BCUT2D eigenvalue weighted by Gasteiger charge is -2.35. The highest BCUT2D eigenvalue weighted by Gasteiger charge is 2.61. The van der Waals surface area contributed by atoms with Crippen LogP contribution in [-0.4, -0.2) is 55.0 Å². The number of carbonyl (C=O) groups is 1. The number of rotatable bonds is 9. The van der Waals surface area contributed by atoms with Crippen molar-refractivity contribution in [2.45, 2.75) is 24.8 Å². The second kappa shape index (κ2) is 10.9. The second-order valence-corrected chi connectivity index (χ2v) is 10.4. The van der Waals surface area contributed by atoms with E-state index in [9.17, 15) is 4.79 Å². The number of piperazine rings is 1. The van der Waals surface area contributed by atoms with E-state index in [1.165, 1.54) is 11.1 Å². The number of benzene rings is 3. The first-order chi connectivity index (χ1) is 17.1. The highest BCUT2D eigenvalue weighted by Crippen LogP contribution is 2.55. The van der Waals surface area contributed by atoms with Crippen molar-refractivity contribution in [1.29, 1.82) is 0 Å². The van der Waals surface area contributed by atoms with E-state index in [-0.39, 0.29) is 5.91 Å². The summed E-state index contributed by atoms with van der Waals surface area (Å²) in [6.07, 6.45) is 1.74. The van der Waals surface area contributed by atoms with Crippen LogP contribution in [0.1, 0.15) is 23.1 Å². The Kier molecular flexibility index (Phi) is 7.52. The fourth-order valence-electron chi connectivity index (χ4n) is 5.47. The summed E-state index contributed by atoms with van der Waals surface area (Å²) in [5.41, 5.74) is 3.26. The van der Waals surface area contributed by atoms with Gasteiger partial charge in [0, 0.05) is 50.8 Å². The molecule has 2 fully saturated rings. The van der Waals surface area contributed by atoms with E-state index in [1.54, 1.807) is 0 Å². The Labute approximate surface area is 213 Å². The molecule has 2 atom stereocenters. The highest BCUT2D eigenvalue weighted by molar-refractivity contribution is 6.30. The van der Waals surface area contributed by atoms with Crippen LogP contribution in [0.25, 0.3) is 0 Å². The first-order valence-electron chi connectivity index (χ1n) is 12.7. The van der Waals surface area contributed by atoms with Crippen LogP contribution < -0.4 is 5.32 Å². The monoisotopic (exact) mass is 487 g/mol. The molecule has 35 heavy (non-hydrogen) atoms. The second-order valence-electron chi connectivity index (χ2n) is 9.93. The van der Waals surface area contributed by atoms with Gasteiger partial charge in [0.2, 0.25) is 5.91 Å². The summed E-state index contributed by atoms with van der Waals surface area (Å²) >= 11 is 6.16. The average Bonchev–Trinajstić information content (AvgIpc) is 3.61. The fraction of sp³-hybridized carbons (Fsp3) is 0.367. The van der Waals surface area contributed by atoms with Crippen molar-refractivity contribution in [1.82, 2.24) is 15.1 Å². The average molecular weight is 488 g/mol. The van der Waals surface area contributed by atoms with Gasteiger partial charge in [0.15, 0.2) is 0 Å². The van der Waals surface area contributed by atoms with Crippen LogP contribution in [0.5, 0.6) is 0 Å². The number of halogens is 1. The molecular weight excluding hydrogens is 454 g/mol. The van der Waals surface area contributed by atoms with Gasteiger partial charge >= 0.3 is 0 Å². The molecule has 4 nitrogen and oxygen atoms in total. The van der Waals surface area contributed by atoms with Crippen molar-refractivity contribution in [3.05, 3.63) is 107 Å². The molecule has 0 aromatic heterocycles. The third-order valence-electron chi connectivity index (χ3n) is 7.60. The third kappa shape index (κ3) is 5.78. The van der Waals surface area contributed by atoms with Gasteiger partial charge in [-0.1, -0.05) is 84.4 Å². The largest absolute Gasteiger partial charge is 0.355 e. The molecule has 0 bridgehead atoms. The molecule has 1 N–H and O–H groups in total. The maximum Gasteiger partial charge on any atom is 0.231 e. The van der Waals surface area contributed by atoms with Crippen LogP contribution in [0, 0.1) is 5.92 Å². The van der Waals surface area contributed by atoms with Gasteiger partial charge in [-0.05, 0) is 47.6 Å². The Hall–Kier alpha value is -2.66. The van der Waals surface area contributed by atoms with Gasteiger partial charge in [0.1, 0.15) is 0 Å². The maximum absolute atomic E-state index is 13.5. The minimum atomic E-state index is -0.442. The Morgan fingerprint density at radius 3 is 2.09 bits per heavy atom. The zero-order chi connectivity index (χ0) is 24.1. The van der Waals surface area contributed by atoms with Gasteiger partial charge in [0.25, 0.3) is 0 Å². The SMILES string of the molecule is O=C(NCCc1ccccc1)[C@@]1(c2ccc(Cl)cc2)C[C@H]1CN1CCN(Cc2ccccc2)CC1. The quantitative estimate of drug-likeness (QED) is 0.472. The molecule has 3 aromatic rings. The number of hydrogen-bond donors (Lipinski definition) is 1. The molecule has 0 unspecified atom stereocenters. The molecule has 1 aliphatic heterocycles. The molecule has 1 saturated heterocycles. The molecule has 3 aromatic carbocycles. The Morgan fingerprint density at radius 1 is 0.829 bits per heavy atom. The van der Waals surface area contributed by atoms with Crippen LogP contribution in [-0.2, 0) is 23.2 Å². The van der Waals surface area contributed by atoms with E-state index in [1.807, 2.05) is 42.5 Å². The first-order valence-corrected chi connectivity index (χ1v) is 13.1. The van der Waals surface area contributed by atoms with Gasteiger partial charge in [-0.15, -0.1) is 0 Å². The minimum Gasteiger partial charge on any atom is -0.355 e. The van der Waals surface area contributed by atoms with Crippen molar-refractivity contribution in [2.75, 3.05) is 39.3 Å². The number of carbonyl (C=O) groups excluding carboxylic acids is 1. The summed E-state index contributed by atoms with van der Waals surface area (Å²) in [7, 11) is 0. The van der Waals surface area contributed by atoms with E-state index >= 15 is 0 Å². The zero-order valence-corrected chi connectivity index (χ0v) is 21.0. The standard InChI is InChI=1S/C30H34ClN3O/c31-28-13-11-26(12-14-28)30(29(35)32-16-15-24-7-3-1-4-8-24)21-27(30)23-34-19-17-33(18-20-34)22-25-9-5-2-6-10-25/h1-14,27H,15-23H2,(H,32,35)/t27-,30+/m0/s1. The van der Waals surface area contributed by atoms with E-state index in [2.05, 4.69) is 57.6 Å². The van der Waals surface area contributed by atoms with E-state index in [4.69, 9.17) is 11.6 Å². The predicted molar refractivity (Wildman–Crippen MR) is 143 cm³/mol. The molecule has 5 heteroatoms. The molecule has 0 spiro atoms. The van der Waals surface area contributed by atoms with Gasteiger partial charge in [-0.25, -0.2) is 0 Å². The summed E-state index contributed by atoms with van der Waals surface area (Å²) in [6.45, 7) is 6.87. The number of amides is 1. The Morgan fingerprint density at radius 2 is 1.43 bits per heavy atom. The van der Waals surface area contributed by atoms with Gasteiger partial charge in [-0.2, -0.15) is 0 Å². The number of nitrogens with one attached hydrogen (secondary N) is 1. The molecular formula is C30H34ClN3O. The van der Waals surface area contributed by atoms with Crippen LogP contribution in [0.3, 0.4) is 0 Å². The van der Waals surface area contributed by atoms with Crippen LogP contribution in [0.2, 0.25) is 5.02 Å². The molecule has 1 amide bonds. The van der Waals surface area contributed by atoms with Gasteiger partial charge < -0.3 is 10.2 Å². The van der Waals surface area contributed by atoms with Gasteiger partial charge in [0.05, 0.1) is 5.41 Å². The van der Waals surface area contributed by atoms with Crippen molar-refractivity contribution >= 4 is 17.5 Å². The van der Waals surface area contributed by atoms with Crippen molar-refractivity contribution in [2.24, 2.45) is 5.92 Å². The van der Waals surface area contributed by atoms with Crippen LogP contribution in [0.4, 0.5) is 0 Å². The van der Waals surface area contributed by atoms with Crippen LogP contribution >= 0.6 is 11.6 Å². The minimum absolute atomic E-state index is 0.156. The normalized spacial score (nSPS) is 22.6. The van der Waals surface area contributed by atoms with E-state index in [0.29, 0.717) is 17.5 Å². The molecule has 1 aliphatic carbocycles. The van der Waals surface area contributed by atoms with Crippen molar-refractivity contribution in [3.8, 4) is 0 Å². The highest BCUT2D eigenvalue weighted by atomic mass is 35.5. The van der Waals surface area contributed by atoms with Crippen molar-refractivity contribution < 1.29 is 4.79 Å². The smallest absolute Gasteiger partial charge is 0.231 e. The number of nitrogens with zero attached hydrogens (tertiary/aromatic N) is 2. The topological polar surface area (TPSA) is 35.6 Å². The molecule has 1 heterocycles. The van der Waals surface area contributed by atoms with Crippen LogP contribution in [0.15, 0.2) is 84.9 Å². The lowest BCUT2D eigenvalue weighted by Crippen LogP contribution is -2.47. The summed E-state index contributed by atoms with van der Waals surface area (Å²) in [5, 5.41) is 3.96.